The van der Waals surface area contributed by atoms with Crippen molar-refractivity contribution in [2.75, 3.05) is 0 Å². The number of alkyl halides is 3. The number of hydrogen-bond donors (Lipinski definition) is 2. The normalized spacial score (nSPS) is 12.2. The fourth-order valence-electron chi connectivity index (χ4n) is 2.37. The number of amides is 2. The van der Waals surface area contributed by atoms with Crippen molar-refractivity contribution >= 4 is 11.8 Å². The lowest BCUT2D eigenvalue weighted by atomic mass is 10.1. The van der Waals surface area contributed by atoms with Crippen LogP contribution in [0.4, 0.5) is 13.2 Å². The Hall–Kier alpha value is -3.03. The van der Waals surface area contributed by atoms with E-state index in [1.54, 1.807) is 31.2 Å². The molecule has 0 saturated heterocycles. The lowest BCUT2D eigenvalue weighted by molar-refractivity contribution is -0.274. The highest BCUT2D eigenvalue weighted by Crippen LogP contribution is 2.24. The van der Waals surface area contributed by atoms with Gasteiger partial charge in [-0.05, 0) is 42.3 Å². The number of benzene rings is 2. The average Bonchev–Trinajstić information content (AvgIpc) is 2.59. The molecule has 0 heterocycles. The van der Waals surface area contributed by atoms with Crippen LogP contribution in [0.25, 0.3) is 0 Å². The van der Waals surface area contributed by atoms with Crippen LogP contribution in [0, 0.1) is 0 Å². The molecule has 0 fully saturated rings. The molecule has 2 aromatic rings. The van der Waals surface area contributed by atoms with Gasteiger partial charge in [-0.3, -0.25) is 9.59 Å². The van der Waals surface area contributed by atoms with Gasteiger partial charge in [-0.1, -0.05) is 24.3 Å². The van der Waals surface area contributed by atoms with E-state index in [0.29, 0.717) is 17.7 Å². The average molecular weight is 380 g/mol. The molecule has 0 radical (unpaired) electrons. The predicted octanol–water partition coefficient (Wildman–Crippen LogP) is 3.71. The number of nitrogens with one attached hydrogen (secondary N) is 2. The second-order valence-electron chi connectivity index (χ2n) is 5.92. The minimum Gasteiger partial charge on any atom is -0.406 e. The van der Waals surface area contributed by atoms with E-state index in [1.807, 2.05) is 0 Å². The van der Waals surface area contributed by atoms with Crippen LogP contribution in [0.1, 0.15) is 41.4 Å². The van der Waals surface area contributed by atoms with Crippen molar-refractivity contribution in [3.63, 3.8) is 0 Å². The van der Waals surface area contributed by atoms with Gasteiger partial charge in [0.15, 0.2) is 0 Å². The largest absolute Gasteiger partial charge is 0.573 e. The minimum atomic E-state index is -4.75. The predicted molar refractivity (Wildman–Crippen MR) is 93.0 cm³/mol. The Morgan fingerprint density at radius 3 is 2.37 bits per heavy atom. The molecule has 27 heavy (non-hydrogen) atoms. The molecular formula is C19H19F3N2O3. The number of ether oxygens (including phenoxy) is 1. The van der Waals surface area contributed by atoms with Crippen molar-refractivity contribution < 1.29 is 27.5 Å². The second kappa shape index (κ2) is 8.57. The van der Waals surface area contributed by atoms with Gasteiger partial charge in [0.1, 0.15) is 5.75 Å². The molecule has 0 aromatic heterocycles. The van der Waals surface area contributed by atoms with Gasteiger partial charge in [0.2, 0.25) is 5.91 Å². The molecule has 0 spiro atoms. The van der Waals surface area contributed by atoms with E-state index in [-0.39, 0.29) is 17.6 Å². The Bertz CT molecular complexity index is 805. The summed E-state index contributed by atoms with van der Waals surface area (Å²) in [4.78, 5) is 23.4. The van der Waals surface area contributed by atoms with Gasteiger partial charge in [-0.15, -0.1) is 13.2 Å². The fourth-order valence-corrected chi connectivity index (χ4v) is 2.37. The minimum absolute atomic E-state index is 0.170. The van der Waals surface area contributed by atoms with Crippen LogP contribution in [0.5, 0.6) is 5.75 Å². The highest BCUT2D eigenvalue weighted by atomic mass is 19.4. The smallest absolute Gasteiger partial charge is 0.406 e. The first-order valence-electron chi connectivity index (χ1n) is 8.14. The van der Waals surface area contributed by atoms with E-state index in [4.69, 9.17) is 0 Å². The summed E-state index contributed by atoms with van der Waals surface area (Å²) in [6, 6.07) is 11.7. The summed E-state index contributed by atoms with van der Waals surface area (Å²) in [5.41, 5.74) is 1.83. The molecule has 144 valence electrons. The van der Waals surface area contributed by atoms with Crippen LogP contribution in [-0.2, 0) is 11.3 Å². The molecule has 0 aliphatic carbocycles. The summed E-state index contributed by atoms with van der Waals surface area (Å²) in [6.45, 7) is 3.44. The lowest BCUT2D eigenvalue weighted by Gasteiger charge is -2.16. The summed E-state index contributed by atoms with van der Waals surface area (Å²) >= 11 is 0. The van der Waals surface area contributed by atoms with Crippen molar-refractivity contribution in [1.29, 1.82) is 0 Å². The van der Waals surface area contributed by atoms with E-state index in [0.717, 1.165) is 5.56 Å². The first-order chi connectivity index (χ1) is 12.6. The zero-order chi connectivity index (χ0) is 20.0. The van der Waals surface area contributed by atoms with Gasteiger partial charge in [-0.2, -0.15) is 0 Å². The van der Waals surface area contributed by atoms with Crippen molar-refractivity contribution in [3.05, 3.63) is 65.2 Å². The fraction of sp³-hybridized carbons (Fsp3) is 0.263. The van der Waals surface area contributed by atoms with Gasteiger partial charge in [0.05, 0.1) is 6.04 Å². The van der Waals surface area contributed by atoms with Gasteiger partial charge in [-0.25, -0.2) is 0 Å². The Balaban J connectivity index is 2.00. The van der Waals surface area contributed by atoms with Crippen LogP contribution in [0.3, 0.4) is 0 Å². The van der Waals surface area contributed by atoms with Crippen LogP contribution in [0.2, 0.25) is 0 Å². The van der Waals surface area contributed by atoms with E-state index < -0.39 is 12.4 Å². The summed E-state index contributed by atoms with van der Waals surface area (Å²) in [5, 5.41) is 5.44. The van der Waals surface area contributed by atoms with Crippen LogP contribution >= 0.6 is 0 Å². The van der Waals surface area contributed by atoms with Gasteiger partial charge < -0.3 is 15.4 Å². The molecule has 5 nitrogen and oxygen atoms in total. The zero-order valence-electron chi connectivity index (χ0n) is 14.8. The summed E-state index contributed by atoms with van der Waals surface area (Å²) in [6.07, 6.45) is -4.75. The maximum atomic E-state index is 12.4. The molecule has 2 N–H and O–H groups in total. The summed E-state index contributed by atoms with van der Waals surface area (Å²) in [5.74, 6) is -0.824. The Morgan fingerprint density at radius 1 is 1.11 bits per heavy atom. The lowest BCUT2D eigenvalue weighted by Crippen LogP contribution is -2.27. The maximum absolute atomic E-state index is 12.4. The molecular weight excluding hydrogens is 361 g/mol. The first kappa shape index (κ1) is 20.3. The summed E-state index contributed by atoms with van der Waals surface area (Å²) in [7, 11) is 0. The van der Waals surface area contributed by atoms with Crippen molar-refractivity contribution in [3.8, 4) is 5.75 Å². The van der Waals surface area contributed by atoms with Crippen LogP contribution in [0.15, 0.2) is 48.5 Å². The molecule has 0 unspecified atom stereocenters. The molecule has 8 heteroatoms. The maximum Gasteiger partial charge on any atom is 0.573 e. The van der Waals surface area contributed by atoms with Crippen molar-refractivity contribution in [2.45, 2.75) is 32.8 Å². The van der Waals surface area contributed by atoms with Gasteiger partial charge >= 0.3 is 6.36 Å². The standard InChI is InChI=1S/C19H19F3N2O3/c1-12(15-6-8-17(9-7-15)27-19(20,21)22)24-18(26)16-5-3-4-14(10-16)11-23-13(2)25/h3-10,12H,11H2,1-2H3,(H,23,25)(H,24,26)/t12-/m0/s1. The summed E-state index contributed by atoms with van der Waals surface area (Å²) < 4.78 is 40.4. The highest BCUT2D eigenvalue weighted by Gasteiger charge is 2.31. The third-order valence-electron chi connectivity index (χ3n) is 3.69. The third kappa shape index (κ3) is 6.65. The van der Waals surface area contributed by atoms with Crippen LogP contribution < -0.4 is 15.4 Å². The molecule has 2 rings (SSSR count). The van der Waals surface area contributed by atoms with E-state index >= 15 is 0 Å². The number of rotatable bonds is 6. The Kier molecular flexibility index (Phi) is 6.44. The second-order valence-corrected chi connectivity index (χ2v) is 5.92. The quantitative estimate of drug-likeness (QED) is 0.803. The number of hydrogen-bond acceptors (Lipinski definition) is 3. The molecule has 0 aliphatic rings. The van der Waals surface area contributed by atoms with Crippen molar-refractivity contribution in [1.82, 2.24) is 10.6 Å². The molecule has 2 aromatic carbocycles. The SMILES string of the molecule is CC(=O)NCc1cccc(C(=O)N[C@@H](C)c2ccc(OC(F)(F)F)cc2)c1. The zero-order valence-corrected chi connectivity index (χ0v) is 14.8. The van der Waals surface area contributed by atoms with Gasteiger partial charge in [0.25, 0.3) is 5.91 Å². The molecule has 1 atom stereocenters. The highest BCUT2D eigenvalue weighted by molar-refractivity contribution is 5.94. The number of carbonyl (C=O) groups is 2. The first-order valence-corrected chi connectivity index (χ1v) is 8.14. The Morgan fingerprint density at radius 2 is 1.78 bits per heavy atom. The molecule has 0 saturated carbocycles. The van der Waals surface area contributed by atoms with E-state index in [1.165, 1.54) is 31.2 Å². The van der Waals surface area contributed by atoms with Crippen molar-refractivity contribution in [2.24, 2.45) is 0 Å². The molecule has 0 bridgehead atoms. The number of carbonyl (C=O) groups excluding carboxylic acids is 2. The topological polar surface area (TPSA) is 67.4 Å². The van der Waals surface area contributed by atoms with Gasteiger partial charge in [0, 0.05) is 19.0 Å². The van der Waals surface area contributed by atoms with Crippen LogP contribution in [-0.4, -0.2) is 18.2 Å². The monoisotopic (exact) mass is 380 g/mol. The molecule has 2 amide bonds. The Labute approximate surface area is 154 Å². The van der Waals surface area contributed by atoms with E-state index in [9.17, 15) is 22.8 Å². The van der Waals surface area contributed by atoms with E-state index in [2.05, 4.69) is 15.4 Å². The third-order valence-corrected chi connectivity index (χ3v) is 3.69. The molecule has 0 aliphatic heterocycles. The number of halogens is 3.